The van der Waals surface area contributed by atoms with E-state index in [9.17, 15) is 25.6 Å². The maximum atomic E-state index is 14.6. The second-order valence-corrected chi connectivity index (χ2v) is 10.4. The van der Waals surface area contributed by atoms with Gasteiger partial charge in [0, 0.05) is 10.9 Å². The van der Waals surface area contributed by atoms with Crippen LogP contribution in [0.2, 0.25) is 5.02 Å². The Bertz CT molecular complexity index is 1100. The average Bonchev–Trinajstić information content (AvgIpc) is 2.62. The summed E-state index contributed by atoms with van der Waals surface area (Å²) >= 11 is 5.79. The van der Waals surface area contributed by atoms with Crippen molar-refractivity contribution in [3.05, 3.63) is 58.6 Å². The Morgan fingerprint density at radius 3 is 2.29 bits per heavy atom. The highest BCUT2D eigenvalue weighted by atomic mass is 35.5. The van der Waals surface area contributed by atoms with Crippen molar-refractivity contribution in [3.8, 4) is 5.75 Å². The summed E-state index contributed by atoms with van der Waals surface area (Å²) < 4.78 is 87.9. The van der Waals surface area contributed by atoms with Gasteiger partial charge in [-0.05, 0) is 36.4 Å². The maximum absolute atomic E-state index is 14.6. The standard InChI is InChI=1S/C17H15ClF2O6S2/c1-27(21,22)26-9-10-8-25-16-14(20)7-6-13(19)15(16)17(10)28(23,24)12-4-2-11(18)3-5-12/h2-7,10,17H,8-9H2,1H3/t10-,17?/m1/s1. The lowest BCUT2D eigenvalue weighted by molar-refractivity contribution is 0.150. The van der Waals surface area contributed by atoms with E-state index in [0.29, 0.717) is 5.02 Å². The van der Waals surface area contributed by atoms with Crippen LogP contribution in [0, 0.1) is 17.6 Å². The zero-order valence-corrected chi connectivity index (χ0v) is 16.8. The second kappa shape index (κ2) is 7.58. The second-order valence-electron chi connectivity index (χ2n) is 6.25. The number of halogens is 3. The molecule has 28 heavy (non-hydrogen) atoms. The van der Waals surface area contributed by atoms with Gasteiger partial charge in [0.1, 0.15) is 11.1 Å². The maximum Gasteiger partial charge on any atom is 0.264 e. The van der Waals surface area contributed by atoms with Crippen LogP contribution in [0.3, 0.4) is 0 Å². The molecule has 1 unspecified atom stereocenters. The van der Waals surface area contributed by atoms with Gasteiger partial charge < -0.3 is 4.74 Å². The highest BCUT2D eigenvalue weighted by Gasteiger charge is 2.44. The van der Waals surface area contributed by atoms with Gasteiger partial charge in [-0.15, -0.1) is 0 Å². The van der Waals surface area contributed by atoms with Gasteiger partial charge in [0.2, 0.25) is 0 Å². The van der Waals surface area contributed by atoms with Gasteiger partial charge in [-0.1, -0.05) is 11.6 Å². The minimum Gasteiger partial charge on any atom is -0.490 e. The van der Waals surface area contributed by atoms with Crippen molar-refractivity contribution in [2.75, 3.05) is 19.5 Å². The number of sulfone groups is 1. The highest BCUT2D eigenvalue weighted by molar-refractivity contribution is 7.91. The molecule has 1 heterocycles. The molecule has 0 bridgehead atoms. The minimum absolute atomic E-state index is 0.178. The summed E-state index contributed by atoms with van der Waals surface area (Å²) in [5.74, 6) is -3.52. The number of hydrogen-bond donors (Lipinski definition) is 0. The minimum atomic E-state index is -4.27. The van der Waals surface area contributed by atoms with E-state index in [0.717, 1.165) is 18.4 Å². The average molecular weight is 453 g/mol. The van der Waals surface area contributed by atoms with Gasteiger partial charge in [0.05, 0.1) is 29.9 Å². The smallest absolute Gasteiger partial charge is 0.264 e. The van der Waals surface area contributed by atoms with Gasteiger partial charge in [-0.2, -0.15) is 8.42 Å². The van der Waals surface area contributed by atoms with Crippen molar-refractivity contribution in [1.29, 1.82) is 0 Å². The van der Waals surface area contributed by atoms with E-state index in [4.69, 9.17) is 20.5 Å². The van der Waals surface area contributed by atoms with Crippen LogP contribution in [0.25, 0.3) is 0 Å². The van der Waals surface area contributed by atoms with Crippen LogP contribution in [-0.2, 0) is 24.1 Å². The van der Waals surface area contributed by atoms with Crippen molar-refractivity contribution in [2.24, 2.45) is 5.92 Å². The summed E-state index contributed by atoms with van der Waals surface area (Å²) in [6.45, 7) is -0.952. The lowest BCUT2D eigenvalue weighted by Crippen LogP contribution is -2.36. The van der Waals surface area contributed by atoms with Crippen LogP contribution < -0.4 is 4.74 Å². The summed E-state index contributed by atoms with van der Waals surface area (Å²) in [6.07, 6.45) is 0.799. The Kier molecular flexibility index (Phi) is 5.68. The molecule has 6 nitrogen and oxygen atoms in total. The SMILES string of the molecule is CS(=O)(=O)OC[C@H]1COc2c(F)ccc(F)c2C1S(=O)(=O)c1ccc(Cl)cc1. The lowest BCUT2D eigenvalue weighted by atomic mass is 9.96. The topological polar surface area (TPSA) is 86.7 Å². The van der Waals surface area contributed by atoms with Crippen molar-refractivity contribution < 1.29 is 34.5 Å². The first kappa shape index (κ1) is 21.0. The Labute approximate surface area is 166 Å². The third-order valence-electron chi connectivity index (χ3n) is 4.22. The molecule has 0 amide bonds. The van der Waals surface area contributed by atoms with Gasteiger partial charge in [0.15, 0.2) is 21.4 Å². The van der Waals surface area contributed by atoms with Crippen molar-refractivity contribution in [2.45, 2.75) is 10.1 Å². The summed E-state index contributed by atoms with van der Waals surface area (Å²) in [4.78, 5) is -0.178. The molecule has 0 saturated heterocycles. The molecule has 0 saturated carbocycles. The Morgan fingerprint density at radius 2 is 1.68 bits per heavy atom. The predicted molar refractivity (Wildman–Crippen MR) is 97.5 cm³/mol. The van der Waals surface area contributed by atoms with Crippen LogP contribution in [0.1, 0.15) is 10.8 Å². The first-order chi connectivity index (χ1) is 13.0. The van der Waals surface area contributed by atoms with E-state index in [2.05, 4.69) is 0 Å². The molecule has 0 spiro atoms. The number of benzene rings is 2. The molecule has 2 aromatic rings. The van der Waals surface area contributed by atoms with Crippen molar-refractivity contribution in [3.63, 3.8) is 0 Å². The third-order valence-corrected chi connectivity index (χ3v) is 7.26. The number of hydrogen-bond acceptors (Lipinski definition) is 6. The van der Waals surface area contributed by atoms with Crippen LogP contribution >= 0.6 is 11.6 Å². The van der Waals surface area contributed by atoms with Crippen molar-refractivity contribution in [1.82, 2.24) is 0 Å². The van der Waals surface area contributed by atoms with E-state index in [-0.39, 0.29) is 11.5 Å². The van der Waals surface area contributed by atoms with Gasteiger partial charge in [-0.3, -0.25) is 4.18 Å². The summed E-state index contributed by atoms with van der Waals surface area (Å²) in [6, 6.07) is 6.78. The molecule has 0 fully saturated rings. The van der Waals surface area contributed by atoms with E-state index in [1.165, 1.54) is 24.3 Å². The molecule has 3 rings (SSSR count). The Morgan fingerprint density at radius 1 is 1.07 bits per heavy atom. The van der Waals surface area contributed by atoms with Crippen LogP contribution in [0.5, 0.6) is 5.75 Å². The van der Waals surface area contributed by atoms with E-state index in [1.54, 1.807) is 0 Å². The summed E-state index contributed by atoms with van der Waals surface area (Å²) in [7, 11) is -8.16. The fraction of sp³-hybridized carbons (Fsp3) is 0.294. The molecule has 2 atom stereocenters. The van der Waals surface area contributed by atoms with E-state index < -0.39 is 60.7 Å². The highest BCUT2D eigenvalue weighted by Crippen LogP contribution is 2.45. The van der Waals surface area contributed by atoms with Gasteiger partial charge in [-0.25, -0.2) is 17.2 Å². The van der Waals surface area contributed by atoms with E-state index in [1.807, 2.05) is 0 Å². The molecule has 0 aromatic heterocycles. The molecular weight excluding hydrogens is 438 g/mol. The zero-order chi connectivity index (χ0) is 20.7. The molecule has 1 aliphatic rings. The zero-order valence-electron chi connectivity index (χ0n) is 14.4. The fourth-order valence-electron chi connectivity index (χ4n) is 3.00. The first-order valence-electron chi connectivity index (χ1n) is 7.95. The molecule has 152 valence electrons. The number of ether oxygens (including phenoxy) is 1. The fourth-order valence-corrected chi connectivity index (χ4v) is 5.55. The molecule has 11 heteroatoms. The lowest BCUT2D eigenvalue weighted by Gasteiger charge is -2.33. The number of rotatable bonds is 5. The molecule has 1 aliphatic heterocycles. The molecule has 0 radical (unpaired) electrons. The monoisotopic (exact) mass is 452 g/mol. The van der Waals surface area contributed by atoms with E-state index >= 15 is 0 Å². The third kappa shape index (κ3) is 4.14. The summed E-state index contributed by atoms with van der Waals surface area (Å²) in [5, 5.41) is -1.32. The Hall–Kier alpha value is -1.75. The molecule has 0 aliphatic carbocycles. The first-order valence-corrected chi connectivity index (χ1v) is 11.7. The normalized spacial score (nSPS) is 19.7. The molecule has 0 N–H and O–H groups in total. The predicted octanol–water partition coefficient (Wildman–Crippen LogP) is 3.12. The van der Waals surface area contributed by atoms with Gasteiger partial charge >= 0.3 is 0 Å². The number of fused-ring (bicyclic) bond motifs is 1. The van der Waals surface area contributed by atoms with Crippen LogP contribution in [0.4, 0.5) is 8.78 Å². The quantitative estimate of drug-likeness (QED) is 0.648. The van der Waals surface area contributed by atoms with Gasteiger partial charge in [0.25, 0.3) is 10.1 Å². The molecular formula is C17H15ClF2O6S2. The summed E-state index contributed by atoms with van der Waals surface area (Å²) in [5.41, 5.74) is -0.497. The Balaban J connectivity index is 2.16. The van der Waals surface area contributed by atoms with Crippen molar-refractivity contribution >= 4 is 31.6 Å². The van der Waals surface area contributed by atoms with Crippen LogP contribution in [-0.4, -0.2) is 36.3 Å². The molecule has 2 aromatic carbocycles. The van der Waals surface area contributed by atoms with Crippen LogP contribution in [0.15, 0.2) is 41.3 Å². The largest absolute Gasteiger partial charge is 0.490 e.